The highest BCUT2D eigenvalue weighted by Crippen LogP contribution is 2.42. The van der Waals surface area contributed by atoms with Crippen LogP contribution in [0.4, 0.5) is 0 Å². The van der Waals surface area contributed by atoms with Gasteiger partial charge in [0.25, 0.3) is 0 Å². The summed E-state index contributed by atoms with van der Waals surface area (Å²) in [4.78, 5) is 15.0. The highest BCUT2D eigenvalue weighted by atomic mass is 16.5. The molecule has 0 N–H and O–H groups in total. The first kappa shape index (κ1) is 12.2. The molecular formula is C13H13NO4. The Bertz CT molecular complexity index is 595. The number of hydrogen-bond acceptors (Lipinski definition) is 5. The highest BCUT2D eigenvalue weighted by molar-refractivity contribution is 5.93. The zero-order chi connectivity index (χ0) is 13.1. The summed E-state index contributed by atoms with van der Waals surface area (Å²) in [6.45, 7) is 0. The molecular weight excluding hydrogens is 234 g/mol. The summed E-state index contributed by atoms with van der Waals surface area (Å²) in [5.74, 6) is 1.52. The number of carbonyl (C=O) groups is 1. The SMILES string of the molecule is COc1cc2ncc(C=O)cc2c(OC)c1OC. The second-order valence-corrected chi connectivity index (χ2v) is 3.60. The summed E-state index contributed by atoms with van der Waals surface area (Å²) in [7, 11) is 4.61. The summed E-state index contributed by atoms with van der Waals surface area (Å²) in [6.07, 6.45) is 2.24. The lowest BCUT2D eigenvalue weighted by Crippen LogP contribution is -1.97. The van der Waals surface area contributed by atoms with Crippen LogP contribution < -0.4 is 14.2 Å². The lowest BCUT2D eigenvalue weighted by molar-refractivity contribution is 0.112. The van der Waals surface area contributed by atoms with Crippen molar-refractivity contribution in [3.63, 3.8) is 0 Å². The number of fused-ring (bicyclic) bond motifs is 1. The van der Waals surface area contributed by atoms with Crippen molar-refractivity contribution in [1.82, 2.24) is 4.98 Å². The molecule has 0 amide bonds. The standard InChI is InChI=1S/C13H13NO4/c1-16-11-5-10-9(4-8(7-15)6-14-10)12(17-2)13(11)18-3/h4-7H,1-3H3. The number of pyridine rings is 1. The van der Waals surface area contributed by atoms with Crippen molar-refractivity contribution in [1.29, 1.82) is 0 Å². The zero-order valence-electron chi connectivity index (χ0n) is 10.4. The molecule has 5 nitrogen and oxygen atoms in total. The predicted molar refractivity (Wildman–Crippen MR) is 66.8 cm³/mol. The van der Waals surface area contributed by atoms with E-state index in [-0.39, 0.29) is 0 Å². The molecule has 1 aromatic carbocycles. The van der Waals surface area contributed by atoms with Crippen LogP contribution in [0.25, 0.3) is 10.9 Å². The molecule has 2 aromatic rings. The molecule has 0 radical (unpaired) electrons. The van der Waals surface area contributed by atoms with Crippen LogP contribution in [-0.2, 0) is 0 Å². The van der Waals surface area contributed by atoms with E-state index in [1.165, 1.54) is 20.4 Å². The van der Waals surface area contributed by atoms with Gasteiger partial charge < -0.3 is 14.2 Å². The molecule has 0 aliphatic heterocycles. The topological polar surface area (TPSA) is 57.7 Å². The molecule has 5 heteroatoms. The van der Waals surface area contributed by atoms with Gasteiger partial charge in [-0.05, 0) is 6.07 Å². The number of hydrogen-bond donors (Lipinski definition) is 0. The molecule has 0 saturated heterocycles. The number of ether oxygens (including phenoxy) is 3. The van der Waals surface area contributed by atoms with E-state index in [1.54, 1.807) is 19.2 Å². The number of aldehydes is 1. The zero-order valence-corrected chi connectivity index (χ0v) is 10.4. The van der Waals surface area contributed by atoms with Gasteiger partial charge in [0.2, 0.25) is 5.75 Å². The molecule has 0 atom stereocenters. The van der Waals surface area contributed by atoms with Crippen LogP contribution in [0.1, 0.15) is 10.4 Å². The molecule has 0 aliphatic rings. The van der Waals surface area contributed by atoms with Crippen molar-refractivity contribution in [3.8, 4) is 17.2 Å². The largest absolute Gasteiger partial charge is 0.493 e. The fourth-order valence-corrected chi connectivity index (χ4v) is 1.82. The second-order valence-electron chi connectivity index (χ2n) is 3.60. The molecule has 0 aliphatic carbocycles. The molecule has 18 heavy (non-hydrogen) atoms. The number of benzene rings is 1. The lowest BCUT2D eigenvalue weighted by Gasteiger charge is -2.14. The molecule has 2 rings (SSSR count). The van der Waals surface area contributed by atoms with Gasteiger partial charge in [-0.3, -0.25) is 9.78 Å². The second kappa shape index (κ2) is 4.91. The van der Waals surface area contributed by atoms with Crippen LogP contribution >= 0.6 is 0 Å². The lowest BCUT2D eigenvalue weighted by atomic mass is 10.1. The normalized spacial score (nSPS) is 10.2. The fraction of sp³-hybridized carbons (Fsp3) is 0.231. The Morgan fingerprint density at radius 2 is 1.78 bits per heavy atom. The van der Waals surface area contributed by atoms with Crippen molar-refractivity contribution >= 4 is 17.2 Å². The minimum absolute atomic E-state index is 0.480. The van der Waals surface area contributed by atoms with Crippen LogP contribution in [0, 0.1) is 0 Å². The third-order valence-electron chi connectivity index (χ3n) is 2.65. The Morgan fingerprint density at radius 1 is 1.06 bits per heavy atom. The van der Waals surface area contributed by atoms with Crippen molar-refractivity contribution in [2.75, 3.05) is 21.3 Å². The Morgan fingerprint density at radius 3 is 2.33 bits per heavy atom. The van der Waals surface area contributed by atoms with Crippen LogP contribution in [0.5, 0.6) is 17.2 Å². The predicted octanol–water partition coefficient (Wildman–Crippen LogP) is 2.07. The summed E-state index contributed by atoms with van der Waals surface area (Å²) < 4.78 is 15.8. The van der Waals surface area contributed by atoms with E-state index < -0.39 is 0 Å². The number of methoxy groups -OCH3 is 3. The summed E-state index contributed by atoms with van der Waals surface area (Å²) >= 11 is 0. The molecule has 1 heterocycles. The maximum absolute atomic E-state index is 10.8. The van der Waals surface area contributed by atoms with E-state index in [1.807, 2.05) is 0 Å². The van der Waals surface area contributed by atoms with Gasteiger partial charge in [0.15, 0.2) is 17.8 Å². The van der Waals surface area contributed by atoms with Gasteiger partial charge in [0.05, 0.1) is 26.8 Å². The maximum atomic E-state index is 10.8. The van der Waals surface area contributed by atoms with Crippen LogP contribution in [0.15, 0.2) is 18.3 Å². The number of aromatic nitrogens is 1. The van der Waals surface area contributed by atoms with E-state index in [2.05, 4.69) is 4.98 Å². The minimum atomic E-state index is 0.480. The third-order valence-corrected chi connectivity index (χ3v) is 2.65. The minimum Gasteiger partial charge on any atom is -0.493 e. The van der Waals surface area contributed by atoms with Crippen molar-refractivity contribution < 1.29 is 19.0 Å². The van der Waals surface area contributed by atoms with Gasteiger partial charge in [-0.2, -0.15) is 0 Å². The molecule has 0 spiro atoms. The monoisotopic (exact) mass is 247 g/mol. The van der Waals surface area contributed by atoms with E-state index >= 15 is 0 Å². The number of carbonyl (C=O) groups excluding carboxylic acids is 1. The number of rotatable bonds is 4. The highest BCUT2D eigenvalue weighted by Gasteiger charge is 2.16. The fourth-order valence-electron chi connectivity index (χ4n) is 1.82. The van der Waals surface area contributed by atoms with Gasteiger partial charge in [-0.25, -0.2) is 0 Å². The van der Waals surface area contributed by atoms with Gasteiger partial charge in [0, 0.05) is 23.2 Å². The van der Waals surface area contributed by atoms with E-state index in [0.29, 0.717) is 33.7 Å². The van der Waals surface area contributed by atoms with Crippen LogP contribution in [0.2, 0.25) is 0 Å². The molecule has 0 saturated carbocycles. The average molecular weight is 247 g/mol. The number of nitrogens with zero attached hydrogens (tertiary/aromatic N) is 1. The quantitative estimate of drug-likeness (QED) is 0.774. The molecule has 94 valence electrons. The first-order chi connectivity index (χ1) is 8.74. The Labute approximate surface area is 104 Å². The van der Waals surface area contributed by atoms with Crippen molar-refractivity contribution in [2.24, 2.45) is 0 Å². The van der Waals surface area contributed by atoms with Gasteiger partial charge in [-0.15, -0.1) is 0 Å². The first-order valence-electron chi connectivity index (χ1n) is 5.29. The first-order valence-corrected chi connectivity index (χ1v) is 5.29. The van der Waals surface area contributed by atoms with E-state index in [9.17, 15) is 4.79 Å². The Hall–Kier alpha value is -2.30. The summed E-state index contributed by atoms with van der Waals surface area (Å²) in [5.41, 5.74) is 1.16. The van der Waals surface area contributed by atoms with E-state index in [0.717, 1.165) is 6.29 Å². The summed E-state index contributed by atoms with van der Waals surface area (Å²) in [6, 6.07) is 3.45. The maximum Gasteiger partial charge on any atom is 0.204 e. The smallest absolute Gasteiger partial charge is 0.204 e. The average Bonchev–Trinajstić information content (AvgIpc) is 2.44. The van der Waals surface area contributed by atoms with E-state index in [4.69, 9.17) is 14.2 Å². The molecule has 0 fully saturated rings. The molecule has 0 bridgehead atoms. The van der Waals surface area contributed by atoms with Gasteiger partial charge >= 0.3 is 0 Å². The van der Waals surface area contributed by atoms with Crippen LogP contribution in [-0.4, -0.2) is 32.6 Å². The third kappa shape index (κ3) is 1.84. The molecule has 0 unspecified atom stereocenters. The van der Waals surface area contributed by atoms with Gasteiger partial charge in [-0.1, -0.05) is 0 Å². The van der Waals surface area contributed by atoms with Crippen molar-refractivity contribution in [2.45, 2.75) is 0 Å². The molecule has 1 aromatic heterocycles. The van der Waals surface area contributed by atoms with Gasteiger partial charge in [0.1, 0.15) is 0 Å². The van der Waals surface area contributed by atoms with Crippen LogP contribution in [0.3, 0.4) is 0 Å². The van der Waals surface area contributed by atoms with Crippen molar-refractivity contribution in [3.05, 3.63) is 23.9 Å². The Balaban J connectivity index is 2.83. The Kier molecular flexibility index (Phi) is 3.32. The summed E-state index contributed by atoms with van der Waals surface area (Å²) in [5, 5.41) is 0.708.